The minimum atomic E-state index is 0.0570. The Labute approximate surface area is 124 Å². The SMILES string of the molecule is COc1cc(CNCC2CCCCS2)cc(OC)c1O. The number of thioether (sulfide) groups is 1. The van der Waals surface area contributed by atoms with E-state index in [9.17, 15) is 5.11 Å². The third kappa shape index (κ3) is 3.96. The normalized spacial score (nSPS) is 18.8. The lowest BCUT2D eigenvalue weighted by molar-refractivity contribution is 0.339. The Balaban J connectivity index is 1.91. The smallest absolute Gasteiger partial charge is 0.200 e. The molecule has 1 aromatic carbocycles. The van der Waals surface area contributed by atoms with E-state index in [1.807, 2.05) is 12.1 Å². The number of hydrogen-bond donors (Lipinski definition) is 2. The second kappa shape index (κ2) is 7.64. The minimum absolute atomic E-state index is 0.0570. The van der Waals surface area contributed by atoms with Gasteiger partial charge in [-0.2, -0.15) is 11.8 Å². The maximum atomic E-state index is 9.87. The number of nitrogens with one attached hydrogen (secondary N) is 1. The zero-order valence-electron chi connectivity index (χ0n) is 12.1. The Morgan fingerprint density at radius 1 is 1.25 bits per heavy atom. The number of phenols is 1. The molecule has 20 heavy (non-hydrogen) atoms. The van der Waals surface area contributed by atoms with E-state index in [2.05, 4.69) is 17.1 Å². The van der Waals surface area contributed by atoms with Crippen LogP contribution in [-0.2, 0) is 6.54 Å². The minimum Gasteiger partial charge on any atom is -0.502 e. The number of aromatic hydroxyl groups is 1. The van der Waals surface area contributed by atoms with Crippen molar-refractivity contribution in [3.05, 3.63) is 17.7 Å². The largest absolute Gasteiger partial charge is 0.502 e. The van der Waals surface area contributed by atoms with Crippen LogP contribution in [0.4, 0.5) is 0 Å². The molecule has 1 aliphatic rings. The quantitative estimate of drug-likeness (QED) is 0.845. The first-order chi connectivity index (χ1) is 9.74. The van der Waals surface area contributed by atoms with Crippen LogP contribution in [0.15, 0.2) is 12.1 Å². The van der Waals surface area contributed by atoms with Gasteiger partial charge in [0, 0.05) is 18.3 Å². The zero-order chi connectivity index (χ0) is 14.4. The average Bonchev–Trinajstić information content (AvgIpc) is 2.49. The molecule has 1 aliphatic heterocycles. The van der Waals surface area contributed by atoms with Gasteiger partial charge in [0.05, 0.1) is 14.2 Å². The summed E-state index contributed by atoms with van der Waals surface area (Å²) >= 11 is 2.06. The van der Waals surface area contributed by atoms with E-state index in [-0.39, 0.29) is 5.75 Å². The van der Waals surface area contributed by atoms with Gasteiger partial charge in [-0.25, -0.2) is 0 Å². The number of ether oxygens (including phenoxy) is 2. The van der Waals surface area contributed by atoms with Crippen LogP contribution in [0.5, 0.6) is 17.2 Å². The van der Waals surface area contributed by atoms with Crippen molar-refractivity contribution in [2.45, 2.75) is 31.1 Å². The van der Waals surface area contributed by atoms with Crippen molar-refractivity contribution in [1.29, 1.82) is 0 Å². The molecule has 1 saturated heterocycles. The maximum absolute atomic E-state index is 9.87. The molecule has 5 heteroatoms. The van der Waals surface area contributed by atoms with E-state index in [0.29, 0.717) is 11.5 Å². The lowest BCUT2D eigenvalue weighted by Crippen LogP contribution is -2.26. The number of methoxy groups -OCH3 is 2. The van der Waals surface area contributed by atoms with Gasteiger partial charge in [-0.3, -0.25) is 0 Å². The highest BCUT2D eigenvalue weighted by molar-refractivity contribution is 7.99. The van der Waals surface area contributed by atoms with E-state index in [1.165, 1.54) is 25.0 Å². The highest BCUT2D eigenvalue weighted by atomic mass is 32.2. The third-order valence-electron chi connectivity index (χ3n) is 3.51. The van der Waals surface area contributed by atoms with E-state index >= 15 is 0 Å². The molecule has 0 bridgehead atoms. The molecule has 1 fully saturated rings. The van der Waals surface area contributed by atoms with Gasteiger partial charge in [0.1, 0.15) is 0 Å². The summed E-state index contributed by atoms with van der Waals surface area (Å²) in [7, 11) is 3.09. The second-order valence-electron chi connectivity index (χ2n) is 4.97. The average molecular weight is 297 g/mol. The van der Waals surface area contributed by atoms with Gasteiger partial charge >= 0.3 is 0 Å². The molecule has 0 spiro atoms. The summed E-state index contributed by atoms with van der Waals surface area (Å²) in [6.45, 7) is 1.78. The summed E-state index contributed by atoms with van der Waals surface area (Å²) in [5.74, 6) is 2.25. The maximum Gasteiger partial charge on any atom is 0.200 e. The highest BCUT2D eigenvalue weighted by Crippen LogP contribution is 2.37. The summed E-state index contributed by atoms with van der Waals surface area (Å²) in [6.07, 6.45) is 4.01. The fourth-order valence-electron chi connectivity index (χ4n) is 2.40. The molecule has 112 valence electrons. The molecule has 2 rings (SSSR count). The molecule has 1 aromatic rings. The Kier molecular flexibility index (Phi) is 5.86. The first-order valence-electron chi connectivity index (χ1n) is 7.00. The zero-order valence-corrected chi connectivity index (χ0v) is 13.0. The van der Waals surface area contributed by atoms with Crippen LogP contribution in [0.2, 0.25) is 0 Å². The highest BCUT2D eigenvalue weighted by Gasteiger charge is 2.14. The molecule has 1 atom stereocenters. The number of phenolic OH excluding ortho intramolecular Hbond substituents is 1. The van der Waals surface area contributed by atoms with Crippen LogP contribution in [0.1, 0.15) is 24.8 Å². The van der Waals surface area contributed by atoms with Gasteiger partial charge in [0.2, 0.25) is 5.75 Å². The van der Waals surface area contributed by atoms with Gasteiger partial charge in [-0.1, -0.05) is 6.42 Å². The Bertz CT molecular complexity index is 408. The molecule has 0 saturated carbocycles. The number of hydrogen-bond acceptors (Lipinski definition) is 5. The van der Waals surface area contributed by atoms with Crippen molar-refractivity contribution in [3.63, 3.8) is 0 Å². The molecular weight excluding hydrogens is 274 g/mol. The summed E-state index contributed by atoms with van der Waals surface area (Å²) in [5.41, 5.74) is 1.05. The lowest BCUT2D eigenvalue weighted by atomic mass is 10.1. The Hall–Kier alpha value is -1.07. The molecule has 1 heterocycles. The number of rotatable bonds is 6. The van der Waals surface area contributed by atoms with Crippen molar-refractivity contribution in [3.8, 4) is 17.2 Å². The van der Waals surface area contributed by atoms with Crippen LogP contribution >= 0.6 is 11.8 Å². The molecule has 4 nitrogen and oxygen atoms in total. The third-order valence-corrected chi connectivity index (χ3v) is 4.91. The molecule has 0 amide bonds. The second-order valence-corrected chi connectivity index (χ2v) is 6.38. The van der Waals surface area contributed by atoms with Crippen LogP contribution in [0.3, 0.4) is 0 Å². The van der Waals surface area contributed by atoms with Gasteiger partial charge in [-0.05, 0) is 36.3 Å². The Morgan fingerprint density at radius 2 is 1.95 bits per heavy atom. The molecule has 0 aliphatic carbocycles. The van der Waals surface area contributed by atoms with Gasteiger partial charge in [-0.15, -0.1) is 0 Å². The first kappa shape index (κ1) is 15.3. The predicted molar refractivity (Wildman–Crippen MR) is 83.0 cm³/mol. The predicted octanol–water partition coefficient (Wildman–Crippen LogP) is 2.78. The molecule has 2 N–H and O–H groups in total. The van der Waals surface area contributed by atoms with Crippen LogP contribution < -0.4 is 14.8 Å². The van der Waals surface area contributed by atoms with E-state index in [4.69, 9.17) is 9.47 Å². The summed E-state index contributed by atoms with van der Waals surface area (Å²) in [4.78, 5) is 0. The Morgan fingerprint density at radius 3 is 2.50 bits per heavy atom. The van der Waals surface area contributed by atoms with Crippen molar-refractivity contribution < 1.29 is 14.6 Å². The van der Waals surface area contributed by atoms with Gasteiger partial charge < -0.3 is 19.9 Å². The van der Waals surface area contributed by atoms with Crippen molar-refractivity contribution in [2.24, 2.45) is 0 Å². The lowest BCUT2D eigenvalue weighted by Gasteiger charge is -2.21. The van der Waals surface area contributed by atoms with E-state index in [0.717, 1.165) is 23.9 Å². The van der Waals surface area contributed by atoms with Gasteiger partial charge in [0.15, 0.2) is 11.5 Å². The van der Waals surface area contributed by atoms with Crippen LogP contribution in [0, 0.1) is 0 Å². The van der Waals surface area contributed by atoms with E-state index in [1.54, 1.807) is 14.2 Å². The van der Waals surface area contributed by atoms with Gasteiger partial charge in [0.25, 0.3) is 0 Å². The molecular formula is C15H23NO3S. The summed E-state index contributed by atoms with van der Waals surface area (Å²) in [5, 5.41) is 14.1. The monoisotopic (exact) mass is 297 g/mol. The fourth-order valence-corrected chi connectivity index (χ4v) is 3.67. The van der Waals surface area contributed by atoms with Crippen molar-refractivity contribution in [1.82, 2.24) is 5.32 Å². The first-order valence-corrected chi connectivity index (χ1v) is 8.05. The van der Waals surface area contributed by atoms with Crippen molar-refractivity contribution in [2.75, 3.05) is 26.5 Å². The fraction of sp³-hybridized carbons (Fsp3) is 0.600. The van der Waals surface area contributed by atoms with Crippen molar-refractivity contribution >= 4 is 11.8 Å². The van der Waals surface area contributed by atoms with E-state index < -0.39 is 0 Å². The summed E-state index contributed by atoms with van der Waals surface area (Å²) < 4.78 is 10.3. The summed E-state index contributed by atoms with van der Waals surface area (Å²) in [6, 6.07) is 3.69. The topological polar surface area (TPSA) is 50.7 Å². The number of benzene rings is 1. The molecule has 0 aromatic heterocycles. The van der Waals surface area contributed by atoms with Crippen LogP contribution in [-0.4, -0.2) is 36.9 Å². The molecule has 0 radical (unpaired) electrons. The standard InChI is InChI=1S/C15H23NO3S/c1-18-13-7-11(8-14(19-2)15(13)17)9-16-10-12-5-3-4-6-20-12/h7-8,12,16-17H,3-6,9-10H2,1-2H3. The molecule has 1 unspecified atom stereocenters. The van der Waals surface area contributed by atoms with Crippen LogP contribution in [0.25, 0.3) is 0 Å².